The minimum absolute atomic E-state index is 0.166. The maximum Gasteiger partial charge on any atom is 0.323 e. The number of aromatic nitrogens is 3. The van der Waals surface area contributed by atoms with Crippen LogP contribution in [0.1, 0.15) is 16.1 Å². The van der Waals surface area contributed by atoms with E-state index in [9.17, 15) is 9.59 Å². The van der Waals surface area contributed by atoms with Gasteiger partial charge in [-0.05, 0) is 34.5 Å². The van der Waals surface area contributed by atoms with Crippen LogP contribution in [0.15, 0.2) is 27.7 Å². The van der Waals surface area contributed by atoms with Gasteiger partial charge in [0.05, 0.1) is 0 Å². The lowest BCUT2D eigenvalue weighted by atomic mass is 10.3. The number of anilines is 1. The molecular formula is C10H9BrN4O2. The first-order valence-corrected chi connectivity index (χ1v) is 5.57. The van der Waals surface area contributed by atoms with Gasteiger partial charge in [0, 0.05) is 16.9 Å². The Kier molecular flexibility index (Phi) is 3.10. The molecule has 0 aromatic carbocycles. The zero-order valence-corrected chi connectivity index (χ0v) is 10.5. The van der Waals surface area contributed by atoms with E-state index in [4.69, 9.17) is 0 Å². The van der Waals surface area contributed by atoms with Crippen molar-refractivity contribution in [3.8, 4) is 0 Å². The second-order valence-corrected chi connectivity index (χ2v) is 4.35. The number of H-pyrrole nitrogens is 2. The molecule has 2 rings (SSSR count). The number of imidazole rings is 1. The number of carbonyl (C=O) groups is 1. The Morgan fingerprint density at radius 3 is 2.88 bits per heavy atom. The van der Waals surface area contributed by atoms with E-state index in [1.54, 1.807) is 6.20 Å². The molecule has 2 aromatic rings. The molecule has 2 aromatic heterocycles. The fraction of sp³-hybridized carbons (Fsp3) is 0.100. The fourth-order valence-electron chi connectivity index (χ4n) is 1.30. The molecule has 88 valence electrons. The minimum atomic E-state index is -0.421. The van der Waals surface area contributed by atoms with Crippen molar-refractivity contribution < 1.29 is 4.79 Å². The van der Waals surface area contributed by atoms with E-state index in [2.05, 4.69) is 36.2 Å². The molecule has 0 radical (unpaired) electrons. The van der Waals surface area contributed by atoms with E-state index >= 15 is 0 Å². The predicted octanol–water partition coefficient (Wildman–Crippen LogP) is 1.42. The predicted molar refractivity (Wildman–Crippen MR) is 66.0 cm³/mol. The molecule has 0 fully saturated rings. The van der Waals surface area contributed by atoms with E-state index in [0.29, 0.717) is 5.82 Å². The number of amides is 1. The largest absolute Gasteiger partial charge is 0.323 e. The summed E-state index contributed by atoms with van der Waals surface area (Å²) in [4.78, 5) is 31.4. The summed E-state index contributed by atoms with van der Waals surface area (Å²) in [6.45, 7) is 1.83. The molecule has 6 nitrogen and oxygen atoms in total. The van der Waals surface area contributed by atoms with Gasteiger partial charge in [0.15, 0.2) is 0 Å². The van der Waals surface area contributed by atoms with Crippen LogP contribution in [0, 0.1) is 6.92 Å². The Balaban J connectivity index is 2.21. The van der Waals surface area contributed by atoms with Crippen LogP contribution < -0.4 is 11.0 Å². The average molecular weight is 297 g/mol. The average Bonchev–Trinajstić information content (AvgIpc) is 2.69. The molecule has 0 aliphatic carbocycles. The lowest BCUT2D eigenvalue weighted by molar-refractivity contribution is 0.102. The monoisotopic (exact) mass is 296 g/mol. The number of nitrogens with zero attached hydrogens (tertiary/aromatic N) is 1. The second-order valence-electron chi connectivity index (χ2n) is 3.43. The third-order valence-electron chi connectivity index (χ3n) is 2.12. The van der Waals surface area contributed by atoms with E-state index in [1.165, 1.54) is 6.20 Å². The van der Waals surface area contributed by atoms with E-state index < -0.39 is 11.6 Å². The van der Waals surface area contributed by atoms with Gasteiger partial charge in [-0.3, -0.25) is 4.79 Å². The Bertz CT molecular complexity index is 617. The molecule has 0 spiro atoms. The number of rotatable bonds is 2. The number of carbonyl (C=O) groups excluding carboxylic acids is 1. The molecular weight excluding hydrogens is 288 g/mol. The summed E-state index contributed by atoms with van der Waals surface area (Å²) in [6.07, 6.45) is 2.90. The Hall–Kier alpha value is -1.89. The number of halogens is 1. The molecule has 1 amide bonds. The number of aromatic amines is 2. The van der Waals surface area contributed by atoms with Crippen molar-refractivity contribution in [2.24, 2.45) is 0 Å². The molecule has 0 saturated heterocycles. The summed E-state index contributed by atoms with van der Waals surface area (Å²) in [5, 5.41) is 2.61. The second kappa shape index (κ2) is 4.54. The number of pyridine rings is 1. The van der Waals surface area contributed by atoms with E-state index in [0.717, 1.165) is 10.0 Å². The van der Waals surface area contributed by atoms with Gasteiger partial charge in [-0.2, -0.15) is 0 Å². The molecule has 0 atom stereocenters. The summed E-state index contributed by atoms with van der Waals surface area (Å²) in [7, 11) is 0. The summed E-state index contributed by atoms with van der Waals surface area (Å²) < 4.78 is 0.836. The van der Waals surface area contributed by atoms with Crippen LogP contribution in [0.2, 0.25) is 0 Å². The molecule has 2 heterocycles. The Morgan fingerprint density at radius 2 is 2.29 bits per heavy atom. The normalized spacial score (nSPS) is 10.2. The van der Waals surface area contributed by atoms with Gasteiger partial charge in [0.25, 0.3) is 5.91 Å². The Labute approximate surface area is 105 Å². The minimum Gasteiger partial charge on any atom is -0.312 e. The van der Waals surface area contributed by atoms with Crippen molar-refractivity contribution in [3.05, 3.63) is 44.7 Å². The van der Waals surface area contributed by atoms with Gasteiger partial charge in [0.2, 0.25) is 0 Å². The van der Waals surface area contributed by atoms with Crippen LogP contribution in [0.3, 0.4) is 0 Å². The van der Waals surface area contributed by atoms with Gasteiger partial charge in [-0.1, -0.05) is 0 Å². The van der Waals surface area contributed by atoms with Gasteiger partial charge in [0.1, 0.15) is 11.5 Å². The zero-order valence-electron chi connectivity index (χ0n) is 8.87. The molecule has 0 bridgehead atoms. The molecule has 0 saturated carbocycles. The standard InChI is InChI=1S/C10H9BrN4O2/c1-5-2-6(11)3-12-8(5)15-9(16)7-4-13-10(17)14-7/h2-4H,1H3,(H,12,15,16)(H2,13,14,17). The summed E-state index contributed by atoms with van der Waals surface area (Å²) in [5.41, 5.74) is 0.570. The molecule has 0 unspecified atom stereocenters. The highest BCUT2D eigenvalue weighted by atomic mass is 79.9. The molecule has 7 heteroatoms. The van der Waals surface area contributed by atoms with E-state index in [1.807, 2.05) is 13.0 Å². The van der Waals surface area contributed by atoms with Crippen LogP contribution in [0.4, 0.5) is 5.82 Å². The van der Waals surface area contributed by atoms with Crippen LogP contribution in [-0.2, 0) is 0 Å². The third-order valence-corrected chi connectivity index (χ3v) is 2.55. The highest BCUT2D eigenvalue weighted by Gasteiger charge is 2.10. The maximum absolute atomic E-state index is 11.7. The van der Waals surface area contributed by atoms with Crippen LogP contribution in [0.5, 0.6) is 0 Å². The quantitative estimate of drug-likeness (QED) is 0.783. The van der Waals surface area contributed by atoms with Crippen molar-refractivity contribution in [2.75, 3.05) is 5.32 Å². The lowest BCUT2D eigenvalue weighted by Gasteiger charge is -2.05. The van der Waals surface area contributed by atoms with Crippen molar-refractivity contribution in [2.45, 2.75) is 6.92 Å². The van der Waals surface area contributed by atoms with Crippen molar-refractivity contribution >= 4 is 27.7 Å². The van der Waals surface area contributed by atoms with Gasteiger partial charge >= 0.3 is 5.69 Å². The maximum atomic E-state index is 11.7. The summed E-state index contributed by atoms with van der Waals surface area (Å²) in [5.74, 6) is 0.0431. The van der Waals surface area contributed by atoms with E-state index in [-0.39, 0.29) is 5.69 Å². The van der Waals surface area contributed by atoms with Crippen molar-refractivity contribution in [1.29, 1.82) is 0 Å². The first kappa shape index (κ1) is 11.6. The smallest absolute Gasteiger partial charge is 0.312 e. The van der Waals surface area contributed by atoms with Gasteiger partial charge in [-0.25, -0.2) is 9.78 Å². The first-order valence-electron chi connectivity index (χ1n) is 4.77. The number of hydrogen-bond acceptors (Lipinski definition) is 3. The van der Waals surface area contributed by atoms with Crippen LogP contribution in [-0.4, -0.2) is 20.9 Å². The number of hydrogen-bond donors (Lipinski definition) is 3. The molecule has 3 N–H and O–H groups in total. The van der Waals surface area contributed by atoms with Gasteiger partial charge < -0.3 is 15.3 Å². The van der Waals surface area contributed by atoms with Crippen molar-refractivity contribution in [3.63, 3.8) is 0 Å². The third kappa shape index (κ3) is 2.62. The number of nitrogens with one attached hydrogen (secondary N) is 3. The van der Waals surface area contributed by atoms with Gasteiger partial charge in [-0.15, -0.1) is 0 Å². The number of aryl methyl sites for hydroxylation is 1. The topological polar surface area (TPSA) is 90.6 Å². The van der Waals surface area contributed by atoms with Crippen LogP contribution in [0.25, 0.3) is 0 Å². The fourth-order valence-corrected chi connectivity index (χ4v) is 1.75. The lowest BCUT2D eigenvalue weighted by Crippen LogP contribution is -2.15. The van der Waals surface area contributed by atoms with Crippen molar-refractivity contribution in [1.82, 2.24) is 15.0 Å². The summed E-state index contributed by atoms with van der Waals surface area (Å²) in [6, 6.07) is 1.84. The zero-order chi connectivity index (χ0) is 12.4. The first-order chi connectivity index (χ1) is 8.06. The summed E-state index contributed by atoms with van der Waals surface area (Å²) >= 11 is 3.28. The highest BCUT2D eigenvalue weighted by molar-refractivity contribution is 9.10. The Morgan fingerprint density at radius 1 is 1.53 bits per heavy atom. The molecule has 0 aliphatic rings. The SMILES string of the molecule is Cc1cc(Br)cnc1NC(=O)c1c[nH]c(=O)[nH]1. The molecule has 17 heavy (non-hydrogen) atoms. The van der Waals surface area contributed by atoms with Crippen LogP contribution >= 0.6 is 15.9 Å². The highest BCUT2D eigenvalue weighted by Crippen LogP contribution is 2.16. The molecule has 0 aliphatic heterocycles.